The van der Waals surface area contributed by atoms with Crippen molar-refractivity contribution in [2.75, 3.05) is 18.0 Å². The molecule has 1 aromatic rings. The van der Waals surface area contributed by atoms with Gasteiger partial charge in [0.1, 0.15) is 0 Å². The van der Waals surface area contributed by atoms with Crippen LogP contribution in [0.4, 0.5) is 10.5 Å². The Morgan fingerprint density at radius 3 is 2.68 bits per heavy atom. The van der Waals surface area contributed by atoms with Crippen LogP contribution < -0.4 is 10.2 Å². The van der Waals surface area contributed by atoms with E-state index in [1.165, 1.54) is 4.90 Å². The number of amides is 2. The minimum Gasteiger partial charge on any atom is -0.481 e. The molecule has 0 atom stereocenters. The van der Waals surface area contributed by atoms with E-state index in [0.29, 0.717) is 12.2 Å². The summed E-state index contributed by atoms with van der Waals surface area (Å²) in [6, 6.07) is 7.04. The number of carbonyl (C=O) groups is 2. The lowest BCUT2D eigenvalue weighted by Crippen LogP contribution is -2.41. The van der Waals surface area contributed by atoms with Gasteiger partial charge in [-0.1, -0.05) is 24.3 Å². The van der Waals surface area contributed by atoms with Crippen LogP contribution in [0.5, 0.6) is 0 Å². The summed E-state index contributed by atoms with van der Waals surface area (Å²) < 4.78 is 0. The maximum atomic E-state index is 12.0. The molecule has 0 aliphatic carbocycles. The van der Waals surface area contributed by atoms with Crippen LogP contribution in [-0.4, -0.2) is 30.2 Å². The summed E-state index contributed by atoms with van der Waals surface area (Å²) in [5.41, 5.74) is 1.63. The van der Waals surface area contributed by atoms with Gasteiger partial charge in [0.05, 0.1) is 6.42 Å². The van der Waals surface area contributed by atoms with Gasteiger partial charge in [0.15, 0.2) is 0 Å². The highest BCUT2D eigenvalue weighted by molar-refractivity contribution is 5.93. The normalized spacial score (nSPS) is 9.74. The van der Waals surface area contributed by atoms with Crippen molar-refractivity contribution >= 4 is 17.7 Å². The third-order valence-electron chi connectivity index (χ3n) is 2.60. The van der Waals surface area contributed by atoms with Crippen LogP contribution in [-0.2, 0) is 4.79 Å². The highest BCUT2D eigenvalue weighted by Crippen LogP contribution is 2.19. The summed E-state index contributed by atoms with van der Waals surface area (Å²) in [6.07, 6.45) is 1.47. The van der Waals surface area contributed by atoms with Crippen molar-refractivity contribution in [2.24, 2.45) is 0 Å². The van der Waals surface area contributed by atoms with E-state index in [1.54, 1.807) is 12.1 Å². The van der Waals surface area contributed by atoms with E-state index in [1.807, 2.05) is 25.1 Å². The van der Waals surface area contributed by atoms with Gasteiger partial charge in [-0.05, 0) is 18.6 Å². The number of urea groups is 1. The molecule has 0 radical (unpaired) electrons. The third kappa shape index (κ3) is 4.46. The van der Waals surface area contributed by atoms with E-state index in [9.17, 15) is 9.59 Å². The zero-order chi connectivity index (χ0) is 14.3. The zero-order valence-corrected chi connectivity index (χ0v) is 10.9. The summed E-state index contributed by atoms with van der Waals surface area (Å²) in [5, 5.41) is 11.4. The predicted octanol–water partition coefficient (Wildman–Crippen LogP) is 2.17. The summed E-state index contributed by atoms with van der Waals surface area (Å²) >= 11 is 0. The number of aliphatic carboxylic acids is 1. The Kier molecular flexibility index (Phi) is 5.60. The molecule has 0 unspecified atom stereocenters. The number of carboxylic acids is 1. The molecule has 5 nitrogen and oxygen atoms in total. The van der Waals surface area contributed by atoms with Crippen molar-refractivity contribution in [1.82, 2.24) is 5.32 Å². The molecule has 5 heteroatoms. The Hall–Kier alpha value is -2.30. The van der Waals surface area contributed by atoms with Gasteiger partial charge in [0, 0.05) is 18.8 Å². The summed E-state index contributed by atoms with van der Waals surface area (Å²) in [5.74, 6) is -0.935. The van der Waals surface area contributed by atoms with Crippen LogP contribution in [0.2, 0.25) is 0 Å². The number of rotatable bonds is 6. The SMILES string of the molecule is C=CCNC(=O)N(CCC(=O)O)c1ccccc1C. The summed E-state index contributed by atoms with van der Waals surface area (Å²) in [7, 11) is 0. The molecule has 0 aliphatic rings. The number of anilines is 1. The van der Waals surface area contributed by atoms with Crippen LogP contribution >= 0.6 is 0 Å². The van der Waals surface area contributed by atoms with Gasteiger partial charge in [-0.2, -0.15) is 0 Å². The van der Waals surface area contributed by atoms with E-state index < -0.39 is 5.97 Å². The van der Waals surface area contributed by atoms with Crippen LogP contribution in [0.25, 0.3) is 0 Å². The molecule has 0 bridgehead atoms. The number of aryl methyl sites for hydroxylation is 1. The monoisotopic (exact) mass is 262 g/mol. The van der Waals surface area contributed by atoms with Crippen molar-refractivity contribution in [3.05, 3.63) is 42.5 Å². The lowest BCUT2D eigenvalue weighted by Gasteiger charge is -2.24. The average Bonchev–Trinajstić information content (AvgIpc) is 2.38. The van der Waals surface area contributed by atoms with Gasteiger partial charge in [-0.15, -0.1) is 6.58 Å². The molecule has 19 heavy (non-hydrogen) atoms. The van der Waals surface area contributed by atoms with Gasteiger partial charge in [-0.25, -0.2) is 4.79 Å². The second kappa shape index (κ2) is 7.20. The molecule has 0 aliphatic heterocycles. The van der Waals surface area contributed by atoms with Crippen LogP contribution in [0, 0.1) is 6.92 Å². The number of hydrogen-bond donors (Lipinski definition) is 2. The molecule has 0 spiro atoms. The van der Waals surface area contributed by atoms with E-state index in [4.69, 9.17) is 5.11 Å². The Balaban J connectivity index is 2.91. The van der Waals surface area contributed by atoms with Gasteiger partial charge in [0.25, 0.3) is 0 Å². The fraction of sp³-hybridized carbons (Fsp3) is 0.286. The first-order valence-electron chi connectivity index (χ1n) is 6.00. The lowest BCUT2D eigenvalue weighted by molar-refractivity contribution is -0.136. The Morgan fingerprint density at radius 2 is 2.11 bits per heavy atom. The second-order valence-corrected chi connectivity index (χ2v) is 4.06. The van der Waals surface area contributed by atoms with Crippen molar-refractivity contribution < 1.29 is 14.7 Å². The Labute approximate surface area is 112 Å². The van der Waals surface area contributed by atoms with Gasteiger partial charge >= 0.3 is 12.0 Å². The molecule has 102 valence electrons. The molecule has 0 saturated heterocycles. The number of carboxylic acid groups (broad SMARTS) is 1. The molecule has 0 fully saturated rings. The zero-order valence-electron chi connectivity index (χ0n) is 10.9. The predicted molar refractivity (Wildman–Crippen MR) is 74.4 cm³/mol. The number of nitrogens with one attached hydrogen (secondary N) is 1. The number of carbonyl (C=O) groups excluding carboxylic acids is 1. The fourth-order valence-electron chi connectivity index (χ4n) is 1.66. The molecule has 0 heterocycles. The quantitative estimate of drug-likeness (QED) is 0.772. The van der Waals surface area contributed by atoms with Crippen LogP contribution in [0.1, 0.15) is 12.0 Å². The van der Waals surface area contributed by atoms with E-state index in [2.05, 4.69) is 11.9 Å². The standard InChI is InChI=1S/C14H18N2O3/c1-3-9-15-14(19)16(10-8-13(17)18)12-7-5-4-6-11(12)2/h3-7H,1,8-10H2,2H3,(H,15,19)(H,17,18). The molecular formula is C14H18N2O3. The van der Waals surface area contributed by atoms with E-state index >= 15 is 0 Å². The molecule has 2 amide bonds. The topological polar surface area (TPSA) is 69.6 Å². The van der Waals surface area contributed by atoms with Gasteiger partial charge < -0.3 is 10.4 Å². The summed E-state index contributed by atoms with van der Waals surface area (Å²) in [6.45, 7) is 5.88. The first-order valence-corrected chi connectivity index (χ1v) is 6.00. The first kappa shape index (κ1) is 14.8. The van der Waals surface area contributed by atoms with Gasteiger partial charge in [-0.3, -0.25) is 9.69 Å². The molecule has 1 rings (SSSR count). The first-order chi connectivity index (χ1) is 9.06. The highest BCUT2D eigenvalue weighted by Gasteiger charge is 2.17. The fourth-order valence-corrected chi connectivity index (χ4v) is 1.66. The third-order valence-corrected chi connectivity index (χ3v) is 2.60. The molecular weight excluding hydrogens is 244 g/mol. The molecule has 1 aromatic carbocycles. The highest BCUT2D eigenvalue weighted by atomic mass is 16.4. The largest absolute Gasteiger partial charge is 0.481 e. The van der Waals surface area contributed by atoms with E-state index in [-0.39, 0.29) is 19.0 Å². The Bertz CT molecular complexity index is 472. The van der Waals surface area contributed by atoms with Gasteiger partial charge in [0.2, 0.25) is 0 Å². The number of para-hydroxylation sites is 1. The maximum Gasteiger partial charge on any atom is 0.322 e. The lowest BCUT2D eigenvalue weighted by atomic mass is 10.2. The number of nitrogens with zero attached hydrogens (tertiary/aromatic N) is 1. The number of hydrogen-bond acceptors (Lipinski definition) is 2. The Morgan fingerprint density at radius 1 is 1.42 bits per heavy atom. The van der Waals surface area contributed by atoms with E-state index in [0.717, 1.165) is 5.56 Å². The smallest absolute Gasteiger partial charge is 0.322 e. The average molecular weight is 262 g/mol. The van der Waals surface area contributed by atoms with Crippen molar-refractivity contribution in [1.29, 1.82) is 0 Å². The summed E-state index contributed by atoms with van der Waals surface area (Å²) in [4.78, 5) is 24.2. The van der Waals surface area contributed by atoms with Crippen molar-refractivity contribution in [3.8, 4) is 0 Å². The van der Waals surface area contributed by atoms with Crippen LogP contribution in [0.15, 0.2) is 36.9 Å². The minimum atomic E-state index is -0.935. The minimum absolute atomic E-state index is 0.101. The van der Waals surface area contributed by atoms with Crippen LogP contribution in [0.3, 0.4) is 0 Å². The molecule has 0 saturated carbocycles. The second-order valence-electron chi connectivity index (χ2n) is 4.06. The maximum absolute atomic E-state index is 12.0. The molecule has 2 N–H and O–H groups in total. The number of benzene rings is 1. The van der Waals surface area contributed by atoms with Crippen molar-refractivity contribution in [3.63, 3.8) is 0 Å². The van der Waals surface area contributed by atoms with Crippen molar-refractivity contribution in [2.45, 2.75) is 13.3 Å². The molecule has 0 aromatic heterocycles.